The maximum Gasteiger partial charge on any atom is 0.325 e. The van der Waals surface area contributed by atoms with Crippen LogP contribution in [-0.2, 0) is 15.1 Å². The highest BCUT2D eigenvalue weighted by atomic mass is 35.5. The predicted octanol–water partition coefficient (Wildman–Crippen LogP) is 3.56. The summed E-state index contributed by atoms with van der Waals surface area (Å²) < 4.78 is 0. The number of nitrogens with one attached hydrogen (secondary N) is 1. The summed E-state index contributed by atoms with van der Waals surface area (Å²) in [5.74, 6) is -0.644. The minimum Gasteiger partial charge on any atom is -0.319 e. The number of rotatable bonds is 5. The lowest BCUT2D eigenvalue weighted by molar-refractivity contribution is -0.138. The van der Waals surface area contributed by atoms with Crippen LogP contribution in [0.1, 0.15) is 51.0 Å². The molecule has 0 spiro atoms. The average Bonchev–Trinajstić information content (AvgIpc) is 3.48. The molecule has 1 N–H and O–H groups in total. The Morgan fingerprint density at radius 2 is 2.04 bits per heavy atom. The molecule has 0 radical (unpaired) electrons. The fourth-order valence-corrected chi connectivity index (χ4v) is 4.40. The molecule has 4 rings (SSSR count). The van der Waals surface area contributed by atoms with Gasteiger partial charge in [-0.1, -0.05) is 35.9 Å². The van der Waals surface area contributed by atoms with E-state index in [0.29, 0.717) is 10.6 Å². The number of amides is 4. The molecule has 0 aromatic heterocycles. The summed E-state index contributed by atoms with van der Waals surface area (Å²) in [6.07, 6.45) is 8.12. The van der Waals surface area contributed by atoms with E-state index in [9.17, 15) is 14.4 Å². The molecule has 2 aliphatic carbocycles. The number of hydrogen-bond donors (Lipinski definition) is 1. The van der Waals surface area contributed by atoms with E-state index in [-0.39, 0.29) is 18.5 Å². The summed E-state index contributed by atoms with van der Waals surface area (Å²) in [7, 11) is 0. The Labute approximate surface area is 169 Å². The standard InChI is InChI=1S/C21H24ClN3O3/c1-21(16-9-5-6-10-17(16)22)19(27)24(20(28)23-21)13-18(26)25(15-11-12-15)14-7-3-2-4-8-14/h5-7,9-10,15H,2-4,8,11-13H2,1H3,(H,23,28)/t21-/m0/s1. The van der Waals surface area contributed by atoms with E-state index in [1.807, 2.05) is 4.90 Å². The second-order valence-corrected chi connectivity index (χ2v) is 8.27. The van der Waals surface area contributed by atoms with E-state index in [1.54, 1.807) is 31.2 Å². The third kappa shape index (κ3) is 3.30. The first-order chi connectivity index (χ1) is 13.4. The van der Waals surface area contributed by atoms with Gasteiger partial charge in [-0.05, 0) is 51.5 Å². The summed E-state index contributed by atoms with van der Waals surface area (Å²) in [5, 5.41) is 3.13. The molecular weight excluding hydrogens is 378 g/mol. The third-order valence-electron chi connectivity index (χ3n) is 5.74. The molecule has 1 aromatic rings. The molecular formula is C21H24ClN3O3. The Kier molecular flexibility index (Phi) is 4.91. The van der Waals surface area contributed by atoms with Gasteiger partial charge >= 0.3 is 6.03 Å². The van der Waals surface area contributed by atoms with Gasteiger partial charge in [-0.15, -0.1) is 0 Å². The number of urea groups is 1. The lowest BCUT2D eigenvalue weighted by Gasteiger charge is -2.29. The van der Waals surface area contributed by atoms with Gasteiger partial charge in [0.25, 0.3) is 5.91 Å². The highest BCUT2D eigenvalue weighted by molar-refractivity contribution is 6.32. The summed E-state index contributed by atoms with van der Waals surface area (Å²) in [4.78, 5) is 41.6. The molecule has 3 aliphatic rings. The summed E-state index contributed by atoms with van der Waals surface area (Å²) in [5.41, 5.74) is 0.295. The van der Waals surface area contributed by atoms with E-state index >= 15 is 0 Å². The minimum absolute atomic E-state index is 0.192. The van der Waals surface area contributed by atoms with Crippen LogP contribution < -0.4 is 5.32 Å². The van der Waals surface area contributed by atoms with Gasteiger partial charge < -0.3 is 10.2 Å². The largest absolute Gasteiger partial charge is 0.325 e. The topological polar surface area (TPSA) is 69.7 Å². The Morgan fingerprint density at radius 3 is 2.68 bits per heavy atom. The highest BCUT2D eigenvalue weighted by Crippen LogP contribution is 2.36. The van der Waals surface area contributed by atoms with E-state index in [1.165, 1.54) is 0 Å². The first kappa shape index (κ1) is 19.0. The van der Waals surface area contributed by atoms with Crippen LogP contribution in [0.2, 0.25) is 5.02 Å². The van der Waals surface area contributed by atoms with Crippen LogP contribution in [-0.4, -0.2) is 40.2 Å². The van der Waals surface area contributed by atoms with Gasteiger partial charge in [0.2, 0.25) is 5.91 Å². The number of benzene rings is 1. The predicted molar refractivity (Wildman–Crippen MR) is 105 cm³/mol. The first-order valence-electron chi connectivity index (χ1n) is 9.82. The van der Waals surface area contributed by atoms with Crippen LogP contribution in [0.15, 0.2) is 36.0 Å². The Bertz CT molecular complexity index is 864. The van der Waals surface area contributed by atoms with Crippen LogP contribution in [0.4, 0.5) is 4.79 Å². The third-order valence-corrected chi connectivity index (χ3v) is 6.07. The van der Waals surface area contributed by atoms with Crippen molar-refractivity contribution in [1.82, 2.24) is 15.1 Å². The zero-order chi connectivity index (χ0) is 19.9. The van der Waals surface area contributed by atoms with Gasteiger partial charge in [-0.3, -0.25) is 14.5 Å². The molecule has 7 heteroatoms. The highest BCUT2D eigenvalue weighted by Gasteiger charge is 2.51. The molecule has 2 fully saturated rings. The summed E-state index contributed by atoms with van der Waals surface area (Å²) in [6, 6.07) is 6.57. The van der Waals surface area contributed by atoms with E-state index in [4.69, 9.17) is 11.6 Å². The van der Waals surface area contributed by atoms with E-state index < -0.39 is 17.5 Å². The number of carbonyl (C=O) groups excluding carboxylic acids is 3. The molecule has 1 heterocycles. The molecule has 6 nitrogen and oxygen atoms in total. The second-order valence-electron chi connectivity index (χ2n) is 7.86. The van der Waals surface area contributed by atoms with E-state index in [0.717, 1.165) is 49.1 Å². The van der Waals surface area contributed by atoms with Gasteiger partial charge in [0.05, 0.1) is 0 Å². The van der Waals surface area contributed by atoms with Crippen molar-refractivity contribution in [2.75, 3.05) is 6.54 Å². The zero-order valence-corrected chi connectivity index (χ0v) is 16.7. The van der Waals surface area contributed by atoms with Crippen molar-refractivity contribution in [2.45, 2.75) is 57.0 Å². The van der Waals surface area contributed by atoms with Gasteiger partial charge in [0, 0.05) is 22.3 Å². The summed E-state index contributed by atoms with van der Waals surface area (Å²) in [6.45, 7) is 1.37. The lowest BCUT2D eigenvalue weighted by Crippen LogP contribution is -2.45. The average molecular weight is 402 g/mol. The molecule has 4 amide bonds. The molecule has 0 bridgehead atoms. The number of hydrogen-bond acceptors (Lipinski definition) is 3. The Balaban J connectivity index is 1.55. The summed E-state index contributed by atoms with van der Waals surface area (Å²) >= 11 is 6.26. The van der Waals surface area contributed by atoms with Crippen molar-refractivity contribution in [1.29, 1.82) is 0 Å². The molecule has 0 unspecified atom stereocenters. The van der Waals surface area contributed by atoms with E-state index in [2.05, 4.69) is 11.4 Å². The van der Waals surface area contributed by atoms with Crippen LogP contribution in [0.5, 0.6) is 0 Å². The Hall–Kier alpha value is -2.34. The van der Waals surface area contributed by atoms with Gasteiger partial charge in [-0.25, -0.2) is 4.79 Å². The molecule has 1 atom stereocenters. The quantitative estimate of drug-likeness (QED) is 0.767. The number of imide groups is 1. The van der Waals surface area contributed by atoms with Gasteiger partial charge in [-0.2, -0.15) is 0 Å². The van der Waals surface area contributed by atoms with Crippen LogP contribution in [0.3, 0.4) is 0 Å². The van der Waals surface area contributed by atoms with Crippen molar-refractivity contribution < 1.29 is 14.4 Å². The van der Waals surface area contributed by atoms with Crippen molar-refractivity contribution in [3.05, 3.63) is 46.6 Å². The molecule has 1 aromatic carbocycles. The number of carbonyl (C=O) groups is 3. The zero-order valence-electron chi connectivity index (χ0n) is 15.9. The fraction of sp³-hybridized carbons (Fsp3) is 0.476. The maximum absolute atomic E-state index is 13.1. The maximum atomic E-state index is 13.1. The normalized spacial score (nSPS) is 24.8. The number of nitrogens with zero attached hydrogens (tertiary/aromatic N) is 2. The molecule has 1 aliphatic heterocycles. The van der Waals surface area contributed by atoms with Gasteiger partial charge in [0.1, 0.15) is 12.1 Å². The van der Waals surface area contributed by atoms with Crippen LogP contribution in [0.25, 0.3) is 0 Å². The second kappa shape index (κ2) is 7.24. The van der Waals surface area contributed by atoms with Crippen LogP contribution in [0, 0.1) is 0 Å². The number of halogens is 1. The van der Waals surface area contributed by atoms with Crippen molar-refractivity contribution in [3.63, 3.8) is 0 Å². The molecule has 28 heavy (non-hydrogen) atoms. The van der Waals surface area contributed by atoms with Crippen molar-refractivity contribution in [2.24, 2.45) is 0 Å². The molecule has 1 saturated carbocycles. The number of allylic oxidation sites excluding steroid dienone is 2. The minimum atomic E-state index is -1.27. The van der Waals surface area contributed by atoms with Crippen LogP contribution >= 0.6 is 11.6 Å². The SMILES string of the molecule is C[C@@]1(c2ccccc2Cl)NC(=O)N(CC(=O)N(C2=CCCCC2)C2CC2)C1=O. The smallest absolute Gasteiger partial charge is 0.319 e. The fourth-order valence-electron chi connectivity index (χ4n) is 4.07. The lowest BCUT2D eigenvalue weighted by atomic mass is 9.92. The Morgan fingerprint density at radius 1 is 1.29 bits per heavy atom. The first-order valence-corrected chi connectivity index (χ1v) is 10.2. The monoisotopic (exact) mass is 401 g/mol. The van der Waals surface area contributed by atoms with Crippen molar-refractivity contribution >= 4 is 29.4 Å². The molecule has 148 valence electrons. The van der Waals surface area contributed by atoms with Crippen molar-refractivity contribution in [3.8, 4) is 0 Å². The van der Waals surface area contributed by atoms with Gasteiger partial charge in [0.15, 0.2) is 0 Å². The molecule has 1 saturated heterocycles.